The molecule has 0 radical (unpaired) electrons. The van der Waals surface area contributed by atoms with Gasteiger partial charge >= 0.3 is 5.97 Å². The number of halogens is 1. The molecule has 0 aliphatic heterocycles. The van der Waals surface area contributed by atoms with Crippen LogP contribution >= 0.6 is 44.4 Å². The van der Waals surface area contributed by atoms with Crippen LogP contribution in [0.15, 0.2) is 12.5 Å². The van der Waals surface area contributed by atoms with Crippen molar-refractivity contribution in [3.05, 3.63) is 18.2 Å². The fourth-order valence-electron chi connectivity index (χ4n) is 0.911. The third-order valence-corrected chi connectivity index (χ3v) is 4.72. The maximum atomic E-state index is 10.9. The second-order valence-corrected chi connectivity index (χ2v) is 6.35. The van der Waals surface area contributed by atoms with Crippen molar-refractivity contribution in [1.29, 1.82) is 0 Å². The van der Waals surface area contributed by atoms with E-state index in [-0.39, 0.29) is 3.12 Å². The fraction of sp³-hybridized carbons (Fsp3) is 0.286. The molecule has 3 N–H and O–H groups in total. The minimum atomic E-state index is -0.969. The smallest absolute Gasteiger partial charge is 0.321 e. The molecule has 0 amide bonds. The molecule has 0 aromatic carbocycles. The zero-order valence-corrected chi connectivity index (χ0v) is 11.6. The summed E-state index contributed by atoms with van der Waals surface area (Å²) in [6.07, 6.45) is 3.35. The van der Waals surface area contributed by atoms with Gasteiger partial charge in [-0.2, -0.15) is 0 Å². The van der Waals surface area contributed by atoms with Crippen molar-refractivity contribution in [2.24, 2.45) is 0 Å². The van der Waals surface area contributed by atoms with Gasteiger partial charge in [-0.25, -0.2) is 9.71 Å². The molecule has 0 bridgehead atoms. The highest BCUT2D eigenvalue weighted by molar-refractivity contribution is 14.1. The van der Waals surface area contributed by atoms with E-state index in [4.69, 9.17) is 5.11 Å². The average molecular weight is 373 g/mol. The number of rotatable bonds is 6. The van der Waals surface area contributed by atoms with Gasteiger partial charge in [0, 0.05) is 51.7 Å². The van der Waals surface area contributed by atoms with Gasteiger partial charge in [-0.05, 0) is 11.0 Å². The zero-order valence-electron chi connectivity index (χ0n) is 7.84. The maximum absolute atomic E-state index is 10.9. The molecule has 0 fully saturated rings. The molecule has 1 heterocycles. The van der Waals surface area contributed by atoms with Crippen LogP contribution in [0.25, 0.3) is 0 Å². The number of nitrogens with one attached hydrogen (secondary N) is 2. The quantitative estimate of drug-likeness (QED) is 0.303. The summed E-state index contributed by atoms with van der Waals surface area (Å²) in [6, 6.07) is -0.756. The van der Waals surface area contributed by atoms with Gasteiger partial charge < -0.3 is 10.1 Å². The summed E-state index contributed by atoms with van der Waals surface area (Å²) in [5.41, 5.74) is 0.728. The van der Waals surface area contributed by atoms with Gasteiger partial charge in [-0.15, -0.1) is 0 Å². The van der Waals surface area contributed by atoms with Crippen molar-refractivity contribution in [2.75, 3.05) is 0 Å². The number of aromatic nitrogens is 2. The van der Waals surface area contributed by atoms with Crippen LogP contribution in [-0.4, -0.2) is 30.2 Å². The molecule has 0 unspecified atom stereocenters. The Balaban J connectivity index is 2.42. The number of carboxylic acid groups (broad SMARTS) is 1. The van der Waals surface area contributed by atoms with Gasteiger partial charge in [0.05, 0.1) is 6.33 Å². The van der Waals surface area contributed by atoms with E-state index in [0.717, 1.165) is 27.5 Å². The molecule has 0 saturated carbocycles. The van der Waals surface area contributed by atoms with Gasteiger partial charge in [0.1, 0.15) is 6.04 Å². The van der Waals surface area contributed by atoms with E-state index >= 15 is 0 Å². The Morgan fingerprint density at radius 1 is 1.69 bits per heavy atom. The number of H-pyrrole nitrogens is 1. The molecular weight excluding hydrogens is 365 g/mol. The lowest BCUT2D eigenvalue weighted by Gasteiger charge is -2.10. The van der Waals surface area contributed by atoms with Crippen LogP contribution in [-0.2, 0) is 11.2 Å². The normalized spacial score (nSPS) is 12.3. The number of hydrogen-bond acceptors (Lipinski definition) is 6. The summed E-state index contributed by atoms with van der Waals surface area (Å²) in [5.74, 6) is -0.969. The predicted molar refractivity (Wildman–Crippen MR) is 71.4 cm³/mol. The van der Waals surface area contributed by atoms with Crippen molar-refractivity contribution in [2.45, 2.75) is 12.5 Å². The van der Waals surface area contributed by atoms with E-state index in [1.54, 1.807) is 28.8 Å². The first kappa shape index (κ1) is 13.8. The maximum Gasteiger partial charge on any atom is 0.321 e. The Labute approximate surface area is 113 Å². The summed E-state index contributed by atoms with van der Waals surface area (Å²) >= 11 is 1.63. The number of nitrogens with zero attached hydrogens (tertiary/aromatic N) is 1. The topological polar surface area (TPSA) is 95.1 Å². The van der Waals surface area contributed by atoms with E-state index in [1.165, 1.54) is 6.33 Å². The summed E-state index contributed by atoms with van der Waals surface area (Å²) in [7, 11) is 1.97. The van der Waals surface area contributed by atoms with Crippen LogP contribution in [0.5, 0.6) is 0 Å². The van der Waals surface area contributed by atoms with Crippen molar-refractivity contribution in [3.8, 4) is 0 Å². The van der Waals surface area contributed by atoms with Crippen LogP contribution < -0.4 is 4.72 Å². The highest BCUT2D eigenvalue weighted by Gasteiger charge is 2.18. The molecule has 0 spiro atoms. The van der Waals surface area contributed by atoms with E-state index in [0.29, 0.717) is 6.42 Å². The van der Waals surface area contributed by atoms with Crippen molar-refractivity contribution < 1.29 is 14.7 Å². The fourth-order valence-corrected chi connectivity index (χ4v) is 2.82. The Morgan fingerprint density at radius 3 is 2.94 bits per heavy atom. The van der Waals surface area contributed by atoms with Gasteiger partial charge in [0.15, 0.2) is 0 Å². The lowest BCUT2D eigenvalue weighted by molar-refractivity contribution is -0.138. The standard InChI is InChI=1S/C7H8IN3O3S2/c8-7(14)15-16-11-5(6(12)13)1-4-2-9-3-10-4/h2-3,5,11H,1H2,(H,9,10)(H,12,13)/t5-/m1/s1. The van der Waals surface area contributed by atoms with Crippen molar-refractivity contribution in [1.82, 2.24) is 14.7 Å². The molecule has 16 heavy (non-hydrogen) atoms. The third-order valence-electron chi connectivity index (χ3n) is 1.57. The first-order chi connectivity index (χ1) is 7.59. The second-order valence-electron chi connectivity index (χ2n) is 2.69. The minimum absolute atomic E-state index is 0.110. The van der Waals surface area contributed by atoms with Crippen LogP contribution in [0.3, 0.4) is 0 Å². The summed E-state index contributed by atoms with van der Waals surface area (Å²) in [6.45, 7) is 0. The van der Waals surface area contributed by atoms with E-state index in [1.807, 2.05) is 0 Å². The third kappa shape index (κ3) is 5.18. The molecule has 1 aromatic rings. The van der Waals surface area contributed by atoms with Crippen LogP contribution in [0.4, 0.5) is 4.79 Å². The van der Waals surface area contributed by atoms with Gasteiger partial charge in [0.2, 0.25) is 0 Å². The zero-order chi connectivity index (χ0) is 12.0. The summed E-state index contributed by atoms with van der Waals surface area (Å²) < 4.78 is 2.59. The largest absolute Gasteiger partial charge is 0.480 e. The van der Waals surface area contributed by atoms with E-state index < -0.39 is 12.0 Å². The molecule has 0 aliphatic carbocycles. The van der Waals surface area contributed by atoms with Crippen molar-refractivity contribution >= 4 is 53.5 Å². The number of carbonyl (C=O) groups excluding carboxylic acids is 1. The Hall–Kier alpha value is -0.260. The Kier molecular flexibility index (Phi) is 6.16. The average Bonchev–Trinajstić information content (AvgIpc) is 2.68. The number of aromatic amines is 1. The summed E-state index contributed by atoms with van der Waals surface area (Å²) in [5, 5.41) is 8.93. The molecule has 6 nitrogen and oxygen atoms in total. The monoisotopic (exact) mass is 373 g/mol. The molecule has 0 saturated heterocycles. The van der Waals surface area contributed by atoms with Gasteiger partial charge in [-0.3, -0.25) is 9.59 Å². The van der Waals surface area contributed by atoms with Gasteiger partial charge in [-0.1, -0.05) is 0 Å². The number of aliphatic carboxylic acids is 1. The number of imidazole rings is 1. The molecule has 1 atom stereocenters. The molecule has 0 aliphatic rings. The first-order valence-corrected chi connectivity index (χ1v) is 7.31. The molecule has 1 aromatic heterocycles. The number of carbonyl (C=O) groups is 2. The highest BCUT2D eigenvalue weighted by atomic mass is 127. The predicted octanol–water partition coefficient (Wildman–Crippen LogP) is 1.85. The van der Waals surface area contributed by atoms with E-state index in [9.17, 15) is 9.59 Å². The lowest BCUT2D eigenvalue weighted by atomic mass is 10.2. The SMILES string of the molecule is O=C(I)SSN[C@H](Cc1cnc[nH]1)C(=O)O. The second kappa shape index (κ2) is 7.14. The minimum Gasteiger partial charge on any atom is -0.480 e. The molecule has 9 heteroatoms. The van der Waals surface area contributed by atoms with Crippen LogP contribution in [0.1, 0.15) is 5.69 Å². The number of hydrogen-bond donors (Lipinski definition) is 3. The van der Waals surface area contributed by atoms with Crippen molar-refractivity contribution in [3.63, 3.8) is 0 Å². The Morgan fingerprint density at radius 2 is 2.44 bits per heavy atom. The van der Waals surface area contributed by atoms with Crippen LogP contribution in [0, 0.1) is 0 Å². The lowest BCUT2D eigenvalue weighted by Crippen LogP contribution is -2.34. The highest BCUT2D eigenvalue weighted by Crippen LogP contribution is 2.23. The molecular formula is C7H8IN3O3S2. The van der Waals surface area contributed by atoms with Gasteiger partial charge in [0.25, 0.3) is 3.12 Å². The molecule has 1 rings (SSSR count). The first-order valence-electron chi connectivity index (χ1n) is 4.08. The van der Waals surface area contributed by atoms with Crippen LogP contribution in [0.2, 0.25) is 0 Å². The number of carboxylic acids is 1. The molecule has 88 valence electrons. The Bertz CT molecular complexity index is 360. The summed E-state index contributed by atoms with van der Waals surface area (Å²) in [4.78, 5) is 28.2. The van der Waals surface area contributed by atoms with E-state index in [2.05, 4.69) is 14.7 Å².